The van der Waals surface area contributed by atoms with E-state index in [1.807, 2.05) is 7.11 Å². The van der Waals surface area contributed by atoms with Gasteiger partial charge in [0, 0.05) is 18.6 Å². The van der Waals surface area contributed by atoms with Gasteiger partial charge in [-0.25, -0.2) is 0 Å². The summed E-state index contributed by atoms with van der Waals surface area (Å²) in [7, 11) is 1.81. The van der Waals surface area contributed by atoms with E-state index in [-0.39, 0.29) is 11.0 Å². The second-order valence-electron chi connectivity index (χ2n) is 8.86. The molecule has 1 aliphatic heterocycles. The maximum atomic E-state index is 6.23. The largest absolute Gasteiger partial charge is 0.497 e. The fourth-order valence-electron chi connectivity index (χ4n) is 4.87. The van der Waals surface area contributed by atoms with Gasteiger partial charge in [0.1, 0.15) is 5.76 Å². The number of methoxy groups -OCH3 is 1. The smallest absolute Gasteiger partial charge is 0.118 e. The SMILES string of the molecule is CCC1(C)CC(CCNCc2ccccc2)(C2=C(OC)C=CC(C)C2)CCO1. The average molecular weight is 384 g/mol. The minimum absolute atomic E-state index is 0.0477. The number of hydrogen-bond acceptors (Lipinski definition) is 3. The molecule has 0 aromatic heterocycles. The molecule has 1 aliphatic carbocycles. The van der Waals surface area contributed by atoms with Crippen LogP contribution >= 0.6 is 0 Å². The van der Waals surface area contributed by atoms with Gasteiger partial charge in [0.25, 0.3) is 0 Å². The third-order valence-corrected chi connectivity index (χ3v) is 6.70. The molecule has 0 bridgehead atoms. The van der Waals surface area contributed by atoms with Crippen molar-refractivity contribution in [2.75, 3.05) is 20.3 Å². The molecular formula is C25H37NO2. The molecule has 1 heterocycles. The second kappa shape index (κ2) is 9.28. The van der Waals surface area contributed by atoms with Gasteiger partial charge in [0.2, 0.25) is 0 Å². The summed E-state index contributed by atoms with van der Waals surface area (Å²) in [6, 6.07) is 10.7. The Bertz CT molecular complexity index is 696. The van der Waals surface area contributed by atoms with Crippen molar-refractivity contribution in [3.8, 4) is 0 Å². The maximum absolute atomic E-state index is 6.23. The minimum Gasteiger partial charge on any atom is -0.497 e. The van der Waals surface area contributed by atoms with E-state index in [9.17, 15) is 0 Å². The van der Waals surface area contributed by atoms with Gasteiger partial charge in [-0.15, -0.1) is 0 Å². The molecule has 3 rings (SSSR count). The monoisotopic (exact) mass is 383 g/mol. The van der Waals surface area contributed by atoms with Crippen LogP contribution in [0.1, 0.15) is 58.4 Å². The highest BCUT2D eigenvalue weighted by Crippen LogP contribution is 2.51. The van der Waals surface area contributed by atoms with Crippen molar-refractivity contribution in [3.05, 3.63) is 59.4 Å². The number of nitrogens with one attached hydrogen (secondary N) is 1. The van der Waals surface area contributed by atoms with Crippen LogP contribution in [0.3, 0.4) is 0 Å². The summed E-state index contributed by atoms with van der Waals surface area (Å²) < 4.78 is 12.1. The number of ether oxygens (including phenoxy) is 2. The van der Waals surface area contributed by atoms with Crippen LogP contribution in [0, 0.1) is 11.3 Å². The normalized spacial score (nSPS) is 30.5. The van der Waals surface area contributed by atoms with Crippen LogP contribution < -0.4 is 5.32 Å². The van der Waals surface area contributed by atoms with Crippen molar-refractivity contribution in [2.24, 2.45) is 11.3 Å². The van der Waals surface area contributed by atoms with E-state index >= 15 is 0 Å². The Morgan fingerprint density at radius 3 is 2.75 bits per heavy atom. The van der Waals surface area contributed by atoms with Crippen LogP contribution in [0.25, 0.3) is 0 Å². The van der Waals surface area contributed by atoms with Crippen molar-refractivity contribution in [1.82, 2.24) is 5.32 Å². The molecule has 3 atom stereocenters. The third kappa shape index (κ3) is 4.87. The zero-order valence-electron chi connectivity index (χ0n) is 18.1. The van der Waals surface area contributed by atoms with E-state index in [0.717, 1.165) is 57.6 Å². The van der Waals surface area contributed by atoms with Crippen LogP contribution in [0.15, 0.2) is 53.8 Å². The number of allylic oxidation sites excluding steroid dienone is 3. The summed E-state index contributed by atoms with van der Waals surface area (Å²) in [4.78, 5) is 0. The van der Waals surface area contributed by atoms with Gasteiger partial charge in [-0.05, 0) is 68.7 Å². The molecule has 2 aliphatic rings. The Hall–Kier alpha value is -1.58. The molecule has 1 N–H and O–H groups in total. The first kappa shape index (κ1) is 21.1. The Labute approximate surface area is 171 Å². The number of rotatable bonds is 8. The highest BCUT2D eigenvalue weighted by molar-refractivity contribution is 5.32. The standard InChI is InChI=1S/C25H37NO2/c1-5-24(3)19-25(14-16-28-24,22-17-20(2)11-12-23(22)27-4)13-15-26-18-21-9-7-6-8-10-21/h6-12,20,26H,5,13-19H2,1-4H3. The molecule has 3 nitrogen and oxygen atoms in total. The highest BCUT2D eigenvalue weighted by Gasteiger charge is 2.46. The summed E-state index contributed by atoms with van der Waals surface area (Å²) in [5.41, 5.74) is 2.95. The van der Waals surface area contributed by atoms with Crippen molar-refractivity contribution < 1.29 is 9.47 Å². The number of hydrogen-bond donors (Lipinski definition) is 1. The summed E-state index contributed by atoms with van der Waals surface area (Å²) in [5.74, 6) is 1.65. The van der Waals surface area contributed by atoms with E-state index in [1.54, 1.807) is 0 Å². The van der Waals surface area contributed by atoms with E-state index in [2.05, 4.69) is 68.6 Å². The fraction of sp³-hybridized carbons (Fsp3) is 0.600. The molecule has 0 radical (unpaired) electrons. The fourth-order valence-corrected chi connectivity index (χ4v) is 4.87. The summed E-state index contributed by atoms with van der Waals surface area (Å²) in [6.45, 7) is 9.61. The van der Waals surface area contributed by atoms with Crippen LogP contribution in [-0.4, -0.2) is 25.9 Å². The van der Waals surface area contributed by atoms with Crippen molar-refractivity contribution in [2.45, 2.75) is 65.0 Å². The topological polar surface area (TPSA) is 30.5 Å². The zero-order valence-corrected chi connectivity index (χ0v) is 18.1. The zero-order chi connectivity index (χ0) is 20.0. The summed E-state index contributed by atoms with van der Waals surface area (Å²) >= 11 is 0. The average Bonchev–Trinajstić information content (AvgIpc) is 2.72. The Balaban J connectivity index is 1.79. The van der Waals surface area contributed by atoms with Crippen molar-refractivity contribution >= 4 is 0 Å². The maximum Gasteiger partial charge on any atom is 0.118 e. The van der Waals surface area contributed by atoms with Gasteiger partial charge < -0.3 is 14.8 Å². The lowest BCUT2D eigenvalue weighted by atomic mass is 9.63. The first-order valence-electron chi connectivity index (χ1n) is 10.8. The lowest BCUT2D eigenvalue weighted by Gasteiger charge is -2.49. The molecule has 1 saturated heterocycles. The first-order valence-corrected chi connectivity index (χ1v) is 10.8. The molecular weight excluding hydrogens is 346 g/mol. The van der Waals surface area contributed by atoms with Crippen LogP contribution in [0.5, 0.6) is 0 Å². The van der Waals surface area contributed by atoms with Crippen LogP contribution in [-0.2, 0) is 16.0 Å². The second-order valence-corrected chi connectivity index (χ2v) is 8.86. The lowest BCUT2D eigenvalue weighted by Crippen LogP contribution is -2.46. The van der Waals surface area contributed by atoms with E-state index in [4.69, 9.17) is 9.47 Å². The van der Waals surface area contributed by atoms with Gasteiger partial charge in [0.05, 0.1) is 12.7 Å². The molecule has 3 heteroatoms. The molecule has 0 amide bonds. The lowest BCUT2D eigenvalue weighted by molar-refractivity contribution is -0.111. The predicted molar refractivity (Wildman–Crippen MR) is 116 cm³/mol. The van der Waals surface area contributed by atoms with Gasteiger partial charge in [-0.1, -0.05) is 50.3 Å². The van der Waals surface area contributed by atoms with Crippen LogP contribution in [0.2, 0.25) is 0 Å². The predicted octanol–water partition coefficient (Wildman–Crippen LogP) is 5.63. The van der Waals surface area contributed by atoms with E-state index < -0.39 is 0 Å². The van der Waals surface area contributed by atoms with Gasteiger partial charge in [-0.3, -0.25) is 0 Å². The minimum atomic E-state index is -0.0477. The Morgan fingerprint density at radius 1 is 1.25 bits per heavy atom. The molecule has 28 heavy (non-hydrogen) atoms. The molecule has 1 aromatic rings. The van der Waals surface area contributed by atoms with E-state index in [1.165, 1.54) is 11.1 Å². The van der Waals surface area contributed by atoms with Crippen molar-refractivity contribution in [1.29, 1.82) is 0 Å². The molecule has 3 unspecified atom stereocenters. The summed E-state index contributed by atoms with van der Waals surface area (Å²) in [6.07, 6.45) is 9.90. The van der Waals surface area contributed by atoms with E-state index in [0.29, 0.717) is 5.92 Å². The highest BCUT2D eigenvalue weighted by atomic mass is 16.5. The molecule has 1 fully saturated rings. The van der Waals surface area contributed by atoms with Gasteiger partial charge >= 0.3 is 0 Å². The quantitative estimate of drug-likeness (QED) is 0.590. The van der Waals surface area contributed by atoms with Gasteiger partial charge in [0.15, 0.2) is 0 Å². The molecule has 1 aromatic carbocycles. The number of benzene rings is 1. The molecule has 154 valence electrons. The first-order chi connectivity index (χ1) is 13.5. The molecule has 0 saturated carbocycles. The Morgan fingerprint density at radius 2 is 2.04 bits per heavy atom. The van der Waals surface area contributed by atoms with Crippen molar-refractivity contribution in [3.63, 3.8) is 0 Å². The third-order valence-electron chi connectivity index (χ3n) is 6.70. The molecule has 0 spiro atoms. The summed E-state index contributed by atoms with van der Waals surface area (Å²) in [5, 5.41) is 3.68. The van der Waals surface area contributed by atoms with Gasteiger partial charge in [-0.2, -0.15) is 0 Å². The van der Waals surface area contributed by atoms with Crippen LogP contribution in [0.4, 0.5) is 0 Å². The Kier molecular flexibility index (Phi) is 7.00.